The van der Waals surface area contributed by atoms with Gasteiger partial charge in [-0.05, 0) is 36.8 Å². The Labute approximate surface area is 135 Å². The topological polar surface area (TPSA) is 68.5 Å². The summed E-state index contributed by atoms with van der Waals surface area (Å²) >= 11 is 0. The van der Waals surface area contributed by atoms with E-state index >= 15 is 0 Å². The number of nitriles is 1. The molecule has 2 rings (SSSR count). The van der Waals surface area contributed by atoms with Crippen molar-refractivity contribution in [3.05, 3.63) is 58.7 Å². The van der Waals surface area contributed by atoms with Crippen LogP contribution in [-0.4, -0.2) is 20.2 Å². The van der Waals surface area contributed by atoms with Gasteiger partial charge in [-0.2, -0.15) is 5.26 Å². The number of hydrogen-bond donors (Lipinski definition) is 0. The van der Waals surface area contributed by atoms with Crippen LogP contribution in [0, 0.1) is 18.3 Å². The Morgan fingerprint density at radius 3 is 2.35 bits per heavy atom. The number of esters is 1. The van der Waals surface area contributed by atoms with Gasteiger partial charge in [-0.1, -0.05) is 12.1 Å². The Hall–Kier alpha value is -3.00. The van der Waals surface area contributed by atoms with Gasteiger partial charge in [-0.15, -0.1) is 0 Å². The summed E-state index contributed by atoms with van der Waals surface area (Å²) in [6, 6.07) is 12.2. The van der Waals surface area contributed by atoms with Gasteiger partial charge in [0, 0.05) is 5.56 Å². The number of ether oxygens (including phenoxy) is 3. The summed E-state index contributed by atoms with van der Waals surface area (Å²) in [5.41, 5.74) is 2.44. The highest BCUT2D eigenvalue weighted by atomic mass is 16.5. The number of carbonyl (C=O) groups excluding carboxylic acids is 1. The van der Waals surface area contributed by atoms with E-state index in [9.17, 15) is 4.79 Å². The smallest absolute Gasteiger partial charge is 0.338 e. The Bertz CT molecular complexity index is 737. The SMILES string of the molecule is COc1cc(C(=O)OCc2cccc(C#N)c2)cc(OC)c1C. The molecule has 0 amide bonds. The van der Waals surface area contributed by atoms with E-state index in [2.05, 4.69) is 0 Å². The molecule has 2 aromatic rings. The fraction of sp³-hybridized carbons (Fsp3) is 0.222. The minimum Gasteiger partial charge on any atom is -0.496 e. The zero-order valence-electron chi connectivity index (χ0n) is 13.3. The Kier molecular flexibility index (Phi) is 5.21. The lowest BCUT2D eigenvalue weighted by Gasteiger charge is -2.12. The first-order valence-electron chi connectivity index (χ1n) is 6.97. The van der Waals surface area contributed by atoms with Crippen molar-refractivity contribution >= 4 is 5.97 Å². The molecular formula is C18H17NO4. The Morgan fingerprint density at radius 1 is 1.13 bits per heavy atom. The molecule has 5 nitrogen and oxygen atoms in total. The minimum atomic E-state index is -0.482. The number of benzene rings is 2. The van der Waals surface area contributed by atoms with Crippen molar-refractivity contribution in [2.75, 3.05) is 14.2 Å². The molecule has 0 aliphatic heterocycles. The van der Waals surface area contributed by atoms with Crippen molar-refractivity contribution in [2.24, 2.45) is 0 Å². The minimum absolute atomic E-state index is 0.0901. The summed E-state index contributed by atoms with van der Waals surface area (Å²) < 4.78 is 15.8. The third-order valence-corrected chi connectivity index (χ3v) is 3.41. The second-order valence-electron chi connectivity index (χ2n) is 4.89. The number of methoxy groups -OCH3 is 2. The van der Waals surface area contributed by atoms with Crippen LogP contribution >= 0.6 is 0 Å². The van der Waals surface area contributed by atoms with Crippen LogP contribution in [0.15, 0.2) is 36.4 Å². The summed E-state index contributed by atoms with van der Waals surface area (Å²) in [4.78, 5) is 12.2. The van der Waals surface area contributed by atoms with Gasteiger partial charge in [0.15, 0.2) is 0 Å². The molecule has 0 radical (unpaired) electrons. The van der Waals surface area contributed by atoms with Crippen LogP contribution in [0.1, 0.15) is 27.0 Å². The number of carbonyl (C=O) groups is 1. The van der Waals surface area contributed by atoms with Crippen LogP contribution in [0.25, 0.3) is 0 Å². The van der Waals surface area contributed by atoms with E-state index in [4.69, 9.17) is 19.5 Å². The van der Waals surface area contributed by atoms with Gasteiger partial charge in [0.1, 0.15) is 18.1 Å². The van der Waals surface area contributed by atoms with Crippen LogP contribution in [-0.2, 0) is 11.3 Å². The third kappa shape index (κ3) is 3.80. The summed E-state index contributed by atoms with van der Waals surface area (Å²) in [5.74, 6) is 0.634. The molecule has 0 aliphatic rings. The van der Waals surface area contributed by atoms with E-state index in [-0.39, 0.29) is 6.61 Å². The molecule has 5 heteroatoms. The van der Waals surface area contributed by atoms with Gasteiger partial charge in [0.25, 0.3) is 0 Å². The molecule has 0 saturated heterocycles. The molecule has 0 aliphatic carbocycles. The third-order valence-electron chi connectivity index (χ3n) is 3.41. The van der Waals surface area contributed by atoms with Crippen molar-refractivity contribution in [3.8, 4) is 17.6 Å². The maximum Gasteiger partial charge on any atom is 0.338 e. The van der Waals surface area contributed by atoms with Crippen LogP contribution in [0.5, 0.6) is 11.5 Å². The molecule has 0 heterocycles. The van der Waals surface area contributed by atoms with Gasteiger partial charge < -0.3 is 14.2 Å². The quantitative estimate of drug-likeness (QED) is 0.793. The molecule has 0 bridgehead atoms. The highest BCUT2D eigenvalue weighted by molar-refractivity contribution is 5.90. The lowest BCUT2D eigenvalue weighted by molar-refractivity contribution is 0.0472. The predicted molar refractivity (Wildman–Crippen MR) is 84.6 cm³/mol. The van der Waals surface area contributed by atoms with Gasteiger partial charge in [0.05, 0.1) is 31.4 Å². The maximum atomic E-state index is 12.2. The molecule has 0 unspecified atom stereocenters. The van der Waals surface area contributed by atoms with E-state index in [1.54, 1.807) is 36.4 Å². The highest BCUT2D eigenvalue weighted by Crippen LogP contribution is 2.29. The Balaban J connectivity index is 2.16. The standard InChI is InChI=1S/C18H17NO4/c1-12-16(21-2)8-15(9-17(12)22-3)18(20)23-11-14-6-4-5-13(7-14)10-19/h4-9H,11H2,1-3H3. The van der Waals surface area contributed by atoms with E-state index in [0.717, 1.165) is 11.1 Å². The first kappa shape index (κ1) is 16.4. The van der Waals surface area contributed by atoms with Crippen molar-refractivity contribution in [1.29, 1.82) is 5.26 Å². The normalized spacial score (nSPS) is 9.83. The monoisotopic (exact) mass is 311 g/mol. The van der Waals surface area contributed by atoms with Gasteiger partial charge in [-0.25, -0.2) is 4.79 Å². The first-order chi connectivity index (χ1) is 11.1. The number of hydrogen-bond acceptors (Lipinski definition) is 5. The molecule has 0 spiro atoms. The molecule has 2 aromatic carbocycles. The average Bonchev–Trinajstić information content (AvgIpc) is 2.60. The van der Waals surface area contributed by atoms with Crippen molar-refractivity contribution < 1.29 is 19.0 Å². The van der Waals surface area contributed by atoms with Gasteiger partial charge in [0.2, 0.25) is 0 Å². The number of nitrogens with zero attached hydrogens (tertiary/aromatic N) is 1. The maximum absolute atomic E-state index is 12.2. The summed E-state index contributed by atoms with van der Waals surface area (Å²) in [6.07, 6.45) is 0. The van der Waals surface area contributed by atoms with Crippen molar-refractivity contribution in [2.45, 2.75) is 13.5 Å². The lowest BCUT2D eigenvalue weighted by Crippen LogP contribution is -2.07. The van der Waals surface area contributed by atoms with Crippen molar-refractivity contribution in [3.63, 3.8) is 0 Å². The van der Waals surface area contributed by atoms with Crippen LogP contribution < -0.4 is 9.47 Å². The highest BCUT2D eigenvalue weighted by Gasteiger charge is 2.14. The summed E-state index contributed by atoms with van der Waals surface area (Å²) in [6.45, 7) is 1.94. The van der Waals surface area contributed by atoms with E-state index in [1.807, 2.05) is 13.0 Å². The molecule has 0 saturated carbocycles. The predicted octanol–water partition coefficient (Wildman–Crippen LogP) is 3.24. The van der Waals surface area contributed by atoms with E-state index in [0.29, 0.717) is 22.6 Å². The summed E-state index contributed by atoms with van der Waals surface area (Å²) in [7, 11) is 3.06. The molecule has 0 fully saturated rings. The molecule has 118 valence electrons. The average molecular weight is 311 g/mol. The van der Waals surface area contributed by atoms with E-state index in [1.165, 1.54) is 14.2 Å². The van der Waals surface area contributed by atoms with E-state index < -0.39 is 5.97 Å². The zero-order chi connectivity index (χ0) is 16.8. The largest absolute Gasteiger partial charge is 0.496 e. The molecule has 0 atom stereocenters. The first-order valence-corrected chi connectivity index (χ1v) is 6.97. The second kappa shape index (κ2) is 7.32. The van der Waals surface area contributed by atoms with Crippen LogP contribution in [0.4, 0.5) is 0 Å². The van der Waals surface area contributed by atoms with Crippen LogP contribution in [0.3, 0.4) is 0 Å². The van der Waals surface area contributed by atoms with Crippen LogP contribution in [0.2, 0.25) is 0 Å². The fourth-order valence-corrected chi connectivity index (χ4v) is 2.17. The second-order valence-corrected chi connectivity index (χ2v) is 4.89. The Morgan fingerprint density at radius 2 is 1.78 bits per heavy atom. The number of rotatable bonds is 5. The molecule has 0 N–H and O–H groups in total. The van der Waals surface area contributed by atoms with Crippen molar-refractivity contribution in [1.82, 2.24) is 0 Å². The molecule has 23 heavy (non-hydrogen) atoms. The summed E-state index contributed by atoms with van der Waals surface area (Å²) in [5, 5.41) is 8.87. The van der Waals surface area contributed by atoms with Gasteiger partial charge in [-0.3, -0.25) is 0 Å². The molecular weight excluding hydrogens is 294 g/mol. The molecule has 0 aromatic heterocycles. The zero-order valence-corrected chi connectivity index (χ0v) is 13.3. The lowest BCUT2D eigenvalue weighted by atomic mass is 10.1. The van der Waals surface area contributed by atoms with Gasteiger partial charge >= 0.3 is 5.97 Å². The fourth-order valence-electron chi connectivity index (χ4n) is 2.17.